The van der Waals surface area contributed by atoms with Crippen LogP contribution < -0.4 is 5.73 Å². The van der Waals surface area contributed by atoms with Crippen LogP contribution in [-0.4, -0.2) is 4.98 Å². The van der Waals surface area contributed by atoms with Crippen LogP contribution in [-0.2, 0) is 5.54 Å². The second-order valence-electron chi connectivity index (χ2n) is 3.01. The van der Waals surface area contributed by atoms with E-state index in [4.69, 9.17) is 5.73 Å². The summed E-state index contributed by atoms with van der Waals surface area (Å²) in [5, 5.41) is 0. The van der Waals surface area contributed by atoms with Crippen molar-refractivity contribution in [2.75, 3.05) is 0 Å². The molecule has 2 nitrogen and oxygen atoms in total. The number of aromatic nitrogens is 1. The Morgan fingerprint density at radius 1 is 1.64 bits per heavy atom. The van der Waals surface area contributed by atoms with Gasteiger partial charge in [0, 0.05) is 17.9 Å². The highest BCUT2D eigenvalue weighted by atomic mass is 14.7. The van der Waals surface area contributed by atoms with Crippen LogP contribution in [0.2, 0.25) is 0 Å². The summed E-state index contributed by atoms with van der Waals surface area (Å²) in [6, 6.07) is 3.92. The van der Waals surface area contributed by atoms with Crippen LogP contribution in [0.1, 0.15) is 25.8 Å². The number of rotatable bonds is 2. The molecule has 0 aliphatic rings. The highest BCUT2D eigenvalue weighted by Crippen LogP contribution is 2.19. The number of hydrogen-bond donors (Lipinski definition) is 1. The molecule has 0 amide bonds. The van der Waals surface area contributed by atoms with Gasteiger partial charge in [-0.2, -0.15) is 0 Å². The summed E-state index contributed by atoms with van der Waals surface area (Å²) in [7, 11) is 0. The van der Waals surface area contributed by atoms with Crippen molar-refractivity contribution in [2.45, 2.75) is 25.8 Å². The van der Waals surface area contributed by atoms with Gasteiger partial charge in [0.15, 0.2) is 0 Å². The number of pyridine rings is 1. The average molecular weight is 150 g/mol. The van der Waals surface area contributed by atoms with Gasteiger partial charge in [-0.3, -0.25) is 4.98 Å². The molecule has 0 unspecified atom stereocenters. The Morgan fingerprint density at radius 2 is 2.36 bits per heavy atom. The fourth-order valence-electron chi connectivity index (χ4n) is 0.905. The van der Waals surface area contributed by atoms with Crippen LogP contribution in [0.5, 0.6) is 0 Å². The molecule has 0 saturated carbocycles. The summed E-state index contributed by atoms with van der Waals surface area (Å²) in [5.74, 6) is 0. The van der Waals surface area contributed by atoms with Crippen LogP contribution >= 0.6 is 0 Å². The van der Waals surface area contributed by atoms with Gasteiger partial charge < -0.3 is 5.73 Å². The Balaban J connectivity index is 2.93. The van der Waals surface area contributed by atoms with Crippen molar-refractivity contribution in [3.63, 3.8) is 0 Å². The lowest BCUT2D eigenvalue weighted by Crippen LogP contribution is -2.31. The van der Waals surface area contributed by atoms with Gasteiger partial charge in [-0.25, -0.2) is 0 Å². The normalized spacial score (nSPS) is 15.9. The smallest absolute Gasteiger partial charge is 0.0393 e. The van der Waals surface area contributed by atoms with Gasteiger partial charge in [0.05, 0.1) is 0 Å². The second kappa shape index (κ2) is 3.01. The van der Waals surface area contributed by atoms with Crippen molar-refractivity contribution >= 4 is 0 Å². The maximum Gasteiger partial charge on any atom is 0.0393 e. The van der Waals surface area contributed by atoms with E-state index in [2.05, 4.69) is 11.9 Å². The van der Waals surface area contributed by atoms with E-state index >= 15 is 0 Å². The number of nitrogens with zero attached hydrogens (tertiary/aromatic N) is 1. The summed E-state index contributed by atoms with van der Waals surface area (Å²) in [6.07, 6.45) is 4.51. The molecule has 0 aliphatic carbocycles. The zero-order chi connectivity index (χ0) is 8.32. The molecule has 1 rings (SSSR count). The SMILES string of the molecule is CC[C@@](C)(N)c1cccnc1. The molecule has 0 bridgehead atoms. The third kappa shape index (κ3) is 1.77. The van der Waals surface area contributed by atoms with Gasteiger partial charge >= 0.3 is 0 Å². The molecular weight excluding hydrogens is 136 g/mol. The zero-order valence-corrected chi connectivity index (χ0v) is 7.04. The van der Waals surface area contributed by atoms with Crippen molar-refractivity contribution in [3.05, 3.63) is 30.1 Å². The summed E-state index contributed by atoms with van der Waals surface area (Å²) >= 11 is 0. The molecular formula is C9H14N2. The van der Waals surface area contributed by atoms with Gasteiger partial charge in [0.1, 0.15) is 0 Å². The van der Waals surface area contributed by atoms with Gasteiger partial charge in [0.2, 0.25) is 0 Å². The van der Waals surface area contributed by atoms with E-state index in [1.807, 2.05) is 25.3 Å². The topological polar surface area (TPSA) is 38.9 Å². The Kier molecular flexibility index (Phi) is 2.25. The number of hydrogen-bond acceptors (Lipinski definition) is 2. The van der Waals surface area contributed by atoms with Gasteiger partial charge in [0.25, 0.3) is 0 Å². The van der Waals surface area contributed by atoms with E-state index in [1.165, 1.54) is 0 Å². The molecule has 11 heavy (non-hydrogen) atoms. The molecule has 0 spiro atoms. The first kappa shape index (κ1) is 8.21. The molecule has 2 N–H and O–H groups in total. The fourth-order valence-corrected chi connectivity index (χ4v) is 0.905. The van der Waals surface area contributed by atoms with Crippen LogP contribution in [0, 0.1) is 0 Å². The highest BCUT2D eigenvalue weighted by molar-refractivity contribution is 5.18. The van der Waals surface area contributed by atoms with E-state index in [0.717, 1.165) is 12.0 Å². The second-order valence-corrected chi connectivity index (χ2v) is 3.01. The molecule has 0 radical (unpaired) electrons. The summed E-state index contributed by atoms with van der Waals surface area (Å²) in [5.41, 5.74) is 6.87. The van der Waals surface area contributed by atoms with Crippen LogP contribution in [0.3, 0.4) is 0 Å². The molecule has 0 fully saturated rings. The van der Waals surface area contributed by atoms with Crippen LogP contribution in [0.25, 0.3) is 0 Å². The lowest BCUT2D eigenvalue weighted by atomic mass is 9.92. The first-order valence-electron chi connectivity index (χ1n) is 3.86. The average Bonchev–Trinajstić information content (AvgIpc) is 2.06. The molecule has 1 aromatic rings. The summed E-state index contributed by atoms with van der Waals surface area (Å²) in [4.78, 5) is 4.02. The molecule has 1 atom stereocenters. The van der Waals surface area contributed by atoms with E-state index in [9.17, 15) is 0 Å². The minimum atomic E-state index is -0.228. The molecule has 1 heterocycles. The Bertz CT molecular complexity index is 216. The third-order valence-corrected chi connectivity index (χ3v) is 2.06. The Hall–Kier alpha value is -0.890. The maximum absolute atomic E-state index is 6.00. The van der Waals surface area contributed by atoms with Crippen molar-refractivity contribution in [3.8, 4) is 0 Å². The van der Waals surface area contributed by atoms with E-state index in [0.29, 0.717) is 0 Å². The number of nitrogens with two attached hydrogens (primary N) is 1. The summed E-state index contributed by atoms with van der Waals surface area (Å²) in [6.45, 7) is 4.09. The van der Waals surface area contributed by atoms with Crippen molar-refractivity contribution in [1.29, 1.82) is 0 Å². The Labute approximate surface area is 67.5 Å². The maximum atomic E-state index is 6.00. The van der Waals surface area contributed by atoms with Crippen molar-refractivity contribution < 1.29 is 0 Å². The first-order valence-corrected chi connectivity index (χ1v) is 3.86. The van der Waals surface area contributed by atoms with Crippen LogP contribution in [0.15, 0.2) is 24.5 Å². The monoisotopic (exact) mass is 150 g/mol. The molecule has 0 aliphatic heterocycles. The van der Waals surface area contributed by atoms with Crippen molar-refractivity contribution in [1.82, 2.24) is 4.98 Å². The zero-order valence-electron chi connectivity index (χ0n) is 7.04. The largest absolute Gasteiger partial charge is 0.322 e. The van der Waals surface area contributed by atoms with Gasteiger partial charge in [-0.1, -0.05) is 13.0 Å². The predicted molar refractivity (Wildman–Crippen MR) is 46.1 cm³/mol. The summed E-state index contributed by atoms with van der Waals surface area (Å²) < 4.78 is 0. The van der Waals surface area contributed by atoms with E-state index in [1.54, 1.807) is 6.20 Å². The van der Waals surface area contributed by atoms with Gasteiger partial charge in [-0.15, -0.1) is 0 Å². The minimum absolute atomic E-state index is 0.228. The minimum Gasteiger partial charge on any atom is -0.322 e. The van der Waals surface area contributed by atoms with E-state index < -0.39 is 0 Å². The third-order valence-electron chi connectivity index (χ3n) is 2.06. The molecule has 60 valence electrons. The predicted octanol–water partition coefficient (Wildman–Crippen LogP) is 1.67. The molecule has 0 aromatic carbocycles. The van der Waals surface area contributed by atoms with Crippen LogP contribution in [0.4, 0.5) is 0 Å². The van der Waals surface area contributed by atoms with Gasteiger partial charge in [-0.05, 0) is 25.0 Å². The van der Waals surface area contributed by atoms with Crippen molar-refractivity contribution in [2.24, 2.45) is 5.73 Å². The molecule has 0 saturated heterocycles. The van der Waals surface area contributed by atoms with E-state index in [-0.39, 0.29) is 5.54 Å². The lowest BCUT2D eigenvalue weighted by molar-refractivity contribution is 0.475. The Morgan fingerprint density at radius 3 is 2.82 bits per heavy atom. The molecule has 2 heteroatoms. The quantitative estimate of drug-likeness (QED) is 0.696. The fraction of sp³-hybridized carbons (Fsp3) is 0.444. The first-order chi connectivity index (χ1) is 5.17. The lowest BCUT2D eigenvalue weighted by Gasteiger charge is -2.22. The highest BCUT2D eigenvalue weighted by Gasteiger charge is 2.17. The molecule has 1 aromatic heterocycles. The standard InChI is InChI=1S/C9H14N2/c1-3-9(2,10)8-5-4-6-11-7-8/h4-7H,3,10H2,1-2H3/t9-/m1/s1.